The van der Waals surface area contributed by atoms with E-state index in [1.54, 1.807) is 28.6 Å². The van der Waals surface area contributed by atoms with E-state index >= 15 is 0 Å². The van der Waals surface area contributed by atoms with E-state index in [2.05, 4.69) is 0 Å². The third-order valence-corrected chi connectivity index (χ3v) is 6.37. The van der Waals surface area contributed by atoms with Crippen molar-refractivity contribution in [3.63, 3.8) is 0 Å². The average Bonchev–Trinajstić information content (AvgIpc) is 2.73. The standard InChI is InChI=1S/C15H21NO4S/c1-2-20-14-5-7-15(8-6-14)21(18,19)16-11-3-4-12(16)10-13(17)9-11/h5-8,11-13,17H,2-4,9-10H2,1H3. The number of benzene rings is 1. The lowest BCUT2D eigenvalue weighted by Crippen LogP contribution is -2.47. The first-order valence-corrected chi connectivity index (χ1v) is 8.91. The summed E-state index contributed by atoms with van der Waals surface area (Å²) < 4.78 is 32.6. The van der Waals surface area contributed by atoms with Gasteiger partial charge in [-0.2, -0.15) is 4.31 Å². The van der Waals surface area contributed by atoms with E-state index in [-0.39, 0.29) is 18.2 Å². The topological polar surface area (TPSA) is 66.8 Å². The molecule has 6 heteroatoms. The van der Waals surface area contributed by atoms with Crippen LogP contribution in [0.1, 0.15) is 32.6 Å². The number of hydrogen-bond donors (Lipinski definition) is 1. The van der Waals surface area contributed by atoms with Gasteiger partial charge in [-0.1, -0.05) is 0 Å². The fourth-order valence-electron chi connectivity index (χ4n) is 3.49. The zero-order valence-corrected chi connectivity index (χ0v) is 12.9. The molecule has 5 nitrogen and oxygen atoms in total. The van der Waals surface area contributed by atoms with Gasteiger partial charge in [-0.05, 0) is 56.9 Å². The molecule has 0 aliphatic carbocycles. The maximum atomic E-state index is 12.8. The molecule has 2 atom stereocenters. The van der Waals surface area contributed by atoms with Gasteiger partial charge in [0.25, 0.3) is 0 Å². The number of ether oxygens (including phenoxy) is 1. The van der Waals surface area contributed by atoms with Crippen molar-refractivity contribution in [3.05, 3.63) is 24.3 Å². The third kappa shape index (κ3) is 2.67. The Morgan fingerprint density at radius 3 is 2.29 bits per heavy atom. The Kier molecular flexibility index (Phi) is 3.94. The van der Waals surface area contributed by atoms with Crippen LogP contribution in [0, 0.1) is 0 Å². The van der Waals surface area contributed by atoms with Gasteiger partial charge in [0.1, 0.15) is 5.75 Å². The highest BCUT2D eigenvalue weighted by Gasteiger charge is 2.46. The van der Waals surface area contributed by atoms with Crippen molar-refractivity contribution in [1.82, 2.24) is 4.31 Å². The zero-order chi connectivity index (χ0) is 15.0. The summed E-state index contributed by atoms with van der Waals surface area (Å²) in [7, 11) is -3.49. The number of piperidine rings is 1. The minimum absolute atomic E-state index is 0.0599. The Morgan fingerprint density at radius 1 is 1.19 bits per heavy atom. The smallest absolute Gasteiger partial charge is 0.243 e. The van der Waals surface area contributed by atoms with Crippen molar-refractivity contribution in [2.75, 3.05) is 6.61 Å². The second-order valence-corrected chi connectivity index (χ2v) is 7.59. The fraction of sp³-hybridized carbons (Fsp3) is 0.600. The lowest BCUT2D eigenvalue weighted by atomic mass is 10.0. The molecule has 21 heavy (non-hydrogen) atoms. The number of hydrogen-bond acceptors (Lipinski definition) is 4. The average molecular weight is 311 g/mol. The number of aliphatic hydroxyl groups is 1. The number of aliphatic hydroxyl groups excluding tert-OH is 1. The van der Waals surface area contributed by atoms with Crippen LogP contribution in [0.2, 0.25) is 0 Å². The Labute approximate surface area is 125 Å². The van der Waals surface area contributed by atoms with Gasteiger partial charge in [-0.3, -0.25) is 0 Å². The molecule has 0 saturated carbocycles. The lowest BCUT2D eigenvalue weighted by molar-refractivity contribution is 0.0769. The molecule has 2 unspecified atom stereocenters. The van der Waals surface area contributed by atoms with E-state index < -0.39 is 10.0 Å². The molecule has 0 aromatic heterocycles. The van der Waals surface area contributed by atoms with Crippen LogP contribution in [-0.2, 0) is 10.0 Å². The molecule has 2 aliphatic rings. The molecular weight excluding hydrogens is 290 g/mol. The molecule has 2 bridgehead atoms. The molecule has 0 spiro atoms. The monoisotopic (exact) mass is 311 g/mol. The summed E-state index contributed by atoms with van der Waals surface area (Å²) in [5.41, 5.74) is 0. The summed E-state index contributed by atoms with van der Waals surface area (Å²) in [6, 6.07) is 6.47. The molecule has 2 heterocycles. The summed E-state index contributed by atoms with van der Waals surface area (Å²) in [5.74, 6) is 0.675. The van der Waals surface area contributed by atoms with E-state index in [0.29, 0.717) is 30.1 Å². The van der Waals surface area contributed by atoms with E-state index in [9.17, 15) is 13.5 Å². The SMILES string of the molecule is CCOc1ccc(S(=O)(=O)N2C3CCC2CC(O)C3)cc1. The second-order valence-electron chi connectivity index (χ2n) is 5.75. The predicted molar refractivity (Wildman–Crippen MR) is 78.7 cm³/mol. The fourth-order valence-corrected chi connectivity index (χ4v) is 5.39. The van der Waals surface area contributed by atoms with Gasteiger partial charge < -0.3 is 9.84 Å². The van der Waals surface area contributed by atoms with Gasteiger partial charge >= 0.3 is 0 Å². The normalized spacial score (nSPS) is 29.5. The third-order valence-electron chi connectivity index (χ3n) is 4.35. The number of fused-ring (bicyclic) bond motifs is 2. The Balaban J connectivity index is 1.87. The van der Waals surface area contributed by atoms with Crippen LogP contribution in [0.3, 0.4) is 0 Å². The van der Waals surface area contributed by atoms with Crippen LogP contribution >= 0.6 is 0 Å². The number of rotatable bonds is 4. The van der Waals surface area contributed by atoms with Crippen LogP contribution in [0.15, 0.2) is 29.2 Å². The first-order chi connectivity index (χ1) is 10.0. The van der Waals surface area contributed by atoms with Gasteiger partial charge in [-0.25, -0.2) is 8.42 Å². The van der Waals surface area contributed by atoms with Crippen molar-refractivity contribution < 1.29 is 18.3 Å². The molecule has 2 aliphatic heterocycles. The molecule has 0 amide bonds. The Hall–Kier alpha value is -1.11. The first-order valence-electron chi connectivity index (χ1n) is 7.47. The van der Waals surface area contributed by atoms with Crippen molar-refractivity contribution in [3.8, 4) is 5.75 Å². The van der Waals surface area contributed by atoms with Crippen molar-refractivity contribution in [2.45, 2.75) is 55.7 Å². The quantitative estimate of drug-likeness (QED) is 0.920. The number of nitrogens with zero attached hydrogens (tertiary/aromatic N) is 1. The van der Waals surface area contributed by atoms with E-state index in [1.807, 2.05) is 6.92 Å². The highest BCUT2D eigenvalue weighted by atomic mass is 32.2. The van der Waals surface area contributed by atoms with Crippen LogP contribution in [0.25, 0.3) is 0 Å². The van der Waals surface area contributed by atoms with Crippen molar-refractivity contribution >= 4 is 10.0 Å². The Bertz CT molecular complexity index is 585. The summed E-state index contributed by atoms with van der Waals surface area (Å²) in [6.07, 6.45) is 2.42. The molecule has 2 fully saturated rings. The predicted octanol–water partition coefficient (Wildman–Crippen LogP) is 1.76. The largest absolute Gasteiger partial charge is 0.494 e. The van der Waals surface area contributed by atoms with E-state index in [0.717, 1.165) is 12.8 Å². The highest BCUT2D eigenvalue weighted by molar-refractivity contribution is 7.89. The van der Waals surface area contributed by atoms with Crippen LogP contribution < -0.4 is 4.74 Å². The maximum Gasteiger partial charge on any atom is 0.243 e. The van der Waals surface area contributed by atoms with Crippen molar-refractivity contribution in [1.29, 1.82) is 0 Å². The maximum absolute atomic E-state index is 12.8. The van der Waals surface area contributed by atoms with Crippen LogP contribution in [0.4, 0.5) is 0 Å². The molecule has 3 rings (SSSR count). The van der Waals surface area contributed by atoms with Crippen LogP contribution in [0.5, 0.6) is 5.75 Å². The summed E-state index contributed by atoms with van der Waals surface area (Å²) in [5, 5.41) is 9.80. The van der Waals surface area contributed by atoms with Gasteiger partial charge in [-0.15, -0.1) is 0 Å². The second kappa shape index (κ2) is 5.59. The molecule has 1 N–H and O–H groups in total. The molecule has 1 aromatic carbocycles. The highest BCUT2D eigenvalue weighted by Crippen LogP contribution is 2.39. The zero-order valence-electron chi connectivity index (χ0n) is 12.1. The summed E-state index contributed by atoms with van der Waals surface area (Å²) >= 11 is 0. The molecule has 116 valence electrons. The lowest BCUT2D eigenvalue weighted by Gasteiger charge is -2.36. The minimum atomic E-state index is -3.49. The van der Waals surface area contributed by atoms with Crippen molar-refractivity contribution in [2.24, 2.45) is 0 Å². The Morgan fingerprint density at radius 2 is 1.76 bits per heavy atom. The van der Waals surface area contributed by atoms with Gasteiger partial charge in [0.15, 0.2) is 0 Å². The van der Waals surface area contributed by atoms with Gasteiger partial charge in [0, 0.05) is 12.1 Å². The summed E-state index contributed by atoms with van der Waals surface area (Å²) in [6.45, 7) is 2.45. The van der Waals surface area contributed by atoms with Gasteiger partial charge in [0.2, 0.25) is 10.0 Å². The molecule has 2 saturated heterocycles. The first kappa shape index (κ1) is 14.8. The number of sulfonamides is 1. The minimum Gasteiger partial charge on any atom is -0.494 e. The molecular formula is C15H21NO4S. The van der Waals surface area contributed by atoms with E-state index in [1.165, 1.54) is 0 Å². The van der Waals surface area contributed by atoms with Crippen LogP contribution in [-0.4, -0.2) is 42.6 Å². The van der Waals surface area contributed by atoms with Gasteiger partial charge in [0.05, 0.1) is 17.6 Å². The summed E-state index contributed by atoms with van der Waals surface area (Å²) in [4.78, 5) is 0.305. The molecule has 1 aromatic rings. The van der Waals surface area contributed by atoms with E-state index in [4.69, 9.17) is 4.74 Å². The molecule has 0 radical (unpaired) electrons.